The second-order valence-electron chi connectivity index (χ2n) is 8.09. The predicted octanol–water partition coefficient (Wildman–Crippen LogP) is 4.47. The number of methoxy groups -OCH3 is 1. The molecule has 0 spiro atoms. The standard InChI is InChI=1S/C26H27BrClN3O5S/c1-18(26(33)29-2)30(16-19-8-7-9-20(27)14-19)25(32)17-31(21-12-13-24(36-3)23(28)15-21)37(34,35)22-10-5-4-6-11-22/h4-15,18H,16-17H2,1-3H3,(H,29,33). The van der Waals surface area contributed by atoms with Crippen LogP contribution in [0, 0.1) is 0 Å². The Morgan fingerprint density at radius 2 is 1.76 bits per heavy atom. The summed E-state index contributed by atoms with van der Waals surface area (Å²) >= 11 is 9.72. The van der Waals surface area contributed by atoms with Crippen LogP contribution in [-0.4, -0.2) is 51.9 Å². The quantitative estimate of drug-likeness (QED) is 0.367. The minimum Gasteiger partial charge on any atom is -0.495 e. The number of amides is 2. The van der Waals surface area contributed by atoms with E-state index in [0.29, 0.717) is 5.75 Å². The second kappa shape index (κ2) is 12.4. The van der Waals surface area contributed by atoms with E-state index in [0.717, 1.165) is 14.3 Å². The second-order valence-corrected chi connectivity index (χ2v) is 11.3. The van der Waals surface area contributed by atoms with E-state index in [4.69, 9.17) is 16.3 Å². The number of rotatable bonds is 10. The molecule has 3 rings (SSSR count). The number of anilines is 1. The van der Waals surface area contributed by atoms with Gasteiger partial charge in [-0.1, -0.05) is 57.9 Å². The van der Waals surface area contributed by atoms with Crippen molar-refractivity contribution in [3.05, 3.63) is 87.9 Å². The number of benzene rings is 3. The van der Waals surface area contributed by atoms with E-state index in [2.05, 4.69) is 21.2 Å². The van der Waals surface area contributed by atoms with Crippen LogP contribution in [-0.2, 0) is 26.2 Å². The Balaban J connectivity index is 2.06. The lowest BCUT2D eigenvalue weighted by molar-refractivity contribution is -0.139. The van der Waals surface area contributed by atoms with E-state index in [1.165, 1.54) is 49.4 Å². The summed E-state index contributed by atoms with van der Waals surface area (Å²) in [5.41, 5.74) is 0.946. The molecule has 0 radical (unpaired) electrons. The van der Waals surface area contributed by atoms with E-state index in [1.54, 1.807) is 25.1 Å². The number of carbonyl (C=O) groups excluding carboxylic acids is 2. The maximum Gasteiger partial charge on any atom is 0.264 e. The Hall–Kier alpha value is -3.08. The molecule has 0 saturated heterocycles. The van der Waals surface area contributed by atoms with Gasteiger partial charge in [0.25, 0.3) is 10.0 Å². The van der Waals surface area contributed by atoms with Crippen molar-refractivity contribution in [3.8, 4) is 5.75 Å². The molecule has 1 atom stereocenters. The predicted molar refractivity (Wildman–Crippen MR) is 147 cm³/mol. The average Bonchev–Trinajstić information content (AvgIpc) is 2.89. The molecule has 1 unspecified atom stereocenters. The molecular formula is C26H27BrClN3O5S. The van der Waals surface area contributed by atoms with Crippen LogP contribution in [0.5, 0.6) is 5.75 Å². The summed E-state index contributed by atoms with van der Waals surface area (Å²) < 4.78 is 34.4. The van der Waals surface area contributed by atoms with Gasteiger partial charge < -0.3 is 15.0 Å². The zero-order valence-corrected chi connectivity index (χ0v) is 23.7. The lowest BCUT2D eigenvalue weighted by Gasteiger charge is -2.32. The van der Waals surface area contributed by atoms with Crippen molar-refractivity contribution in [2.75, 3.05) is 25.0 Å². The SMILES string of the molecule is CNC(=O)C(C)N(Cc1cccc(Br)c1)C(=O)CN(c1ccc(OC)c(Cl)c1)S(=O)(=O)c1ccccc1. The monoisotopic (exact) mass is 607 g/mol. The molecule has 1 N–H and O–H groups in total. The summed E-state index contributed by atoms with van der Waals surface area (Å²) in [7, 11) is -1.25. The maximum absolute atomic E-state index is 13.7. The average molecular weight is 609 g/mol. The molecule has 0 fully saturated rings. The van der Waals surface area contributed by atoms with Gasteiger partial charge in [-0.05, 0) is 55.0 Å². The summed E-state index contributed by atoms with van der Waals surface area (Å²) in [6, 6.07) is 18.7. The number of likely N-dealkylation sites (N-methyl/N-ethyl adjacent to an activating group) is 1. The Morgan fingerprint density at radius 3 is 2.35 bits per heavy atom. The molecule has 3 aromatic carbocycles. The Morgan fingerprint density at radius 1 is 1.05 bits per heavy atom. The third kappa shape index (κ3) is 6.82. The van der Waals surface area contributed by atoms with E-state index in [1.807, 2.05) is 24.3 Å². The number of hydrogen-bond acceptors (Lipinski definition) is 5. The van der Waals surface area contributed by atoms with Crippen LogP contribution < -0.4 is 14.4 Å². The van der Waals surface area contributed by atoms with E-state index >= 15 is 0 Å². The zero-order valence-electron chi connectivity index (χ0n) is 20.5. The first-order valence-corrected chi connectivity index (χ1v) is 13.9. The first-order chi connectivity index (χ1) is 17.6. The molecule has 0 aromatic heterocycles. The number of sulfonamides is 1. The number of nitrogens with zero attached hydrogens (tertiary/aromatic N) is 2. The molecule has 0 bridgehead atoms. The smallest absolute Gasteiger partial charge is 0.264 e. The molecule has 0 aliphatic rings. The molecule has 196 valence electrons. The third-order valence-electron chi connectivity index (χ3n) is 5.69. The van der Waals surface area contributed by atoms with Crippen LogP contribution in [0.3, 0.4) is 0 Å². The van der Waals surface area contributed by atoms with Crippen molar-refractivity contribution < 1.29 is 22.7 Å². The number of halogens is 2. The van der Waals surface area contributed by atoms with Crippen LogP contribution in [0.2, 0.25) is 5.02 Å². The van der Waals surface area contributed by atoms with Crippen LogP contribution in [0.1, 0.15) is 12.5 Å². The molecule has 8 nitrogen and oxygen atoms in total. The fraction of sp³-hybridized carbons (Fsp3) is 0.231. The molecule has 0 saturated carbocycles. The van der Waals surface area contributed by atoms with Gasteiger partial charge in [0.05, 0.1) is 22.7 Å². The number of nitrogens with one attached hydrogen (secondary N) is 1. The summed E-state index contributed by atoms with van der Waals surface area (Å²) in [5, 5.41) is 2.74. The van der Waals surface area contributed by atoms with Crippen molar-refractivity contribution in [1.29, 1.82) is 0 Å². The van der Waals surface area contributed by atoms with Crippen molar-refractivity contribution in [2.45, 2.75) is 24.4 Å². The topological polar surface area (TPSA) is 96.0 Å². The van der Waals surface area contributed by atoms with Crippen LogP contribution in [0.25, 0.3) is 0 Å². The molecule has 0 aliphatic carbocycles. The fourth-order valence-electron chi connectivity index (χ4n) is 3.68. The van der Waals surface area contributed by atoms with E-state index < -0.39 is 28.5 Å². The fourth-order valence-corrected chi connectivity index (χ4v) is 5.81. The minimum atomic E-state index is -4.17. The van der Waals surface area contributed by atoms with Crippen molar-refractivity contribution >= 4 is 55.1 Å². The molecule has 37 heavy (non-hydrogen) atoms. The highest BCUT2D eigenvalue weighted by Crippen LogP contribution is 2.32. The molecule has 2 amide bonds. The van der Waals surface area contributed by atoms with Gasteiger partial charge in [-0.3, -0.25) is 13.9 Å². The lowest BCUT2D eigenvalue weighted by Crippen LogP contribution is -2.50. The summed E-state index contributed by atoms with van der Waals surface area (Å²) in [4.78, 5) is 27.6. The van der Waals surface area contributed by atoms with Gasteiger partial charge in [0.1, 0.15) is 18.3 Å². The molecular weight excluding hydrogens is 582 g/mol. The van der Waals surface area contributed by atoms with Crippen LogP contribution in [0.15, 0.2) is 82.2 Å². The van der Waals surface area contributed by atoms with Crippen molar-refractivity contribution in [3.63, 3.8) is 0 Å². The lowest BCUT2D eigenvalue weighted by atomic mass is 10.1. The van der Waals surface area contributed by atoms with Gasteiger partial charge in [-0.15, -0.1) is 0 Å². The van der Waals surface area contributed by atoms with Crippen molar-refractivity contribution in [2.24, 2.45) is 0 Å². The normalized spacial score (nSPS) is 11.9. The number of hydrogen-bond donors (Lipinski definition) is 1. The summed E-state index contributed by atoms with van der Waals surface area (Å²) in [5.74, 6) is -0.589. The van der Waals surface area contributed by atoms with Gasteiger partial charge in [-0.25, -0.2) is 8.42 Å². The third-order valence-corrected chi connectivity index (χ3v) is 8.27. The summed E-state index contributed by atoms with van der Waals surface area (Å²) in [6.07, 6.45) is 0. The number of carbonyl (C=O) groups is 2. The Kier molecular flexibility index (Phi) is 9.58. The molecule has 11 heteroatoms. The Bertz CT molecular complexity index is 1370. The highest BCUT2D eigenvalue weighted by Gasteiger charge is 2.32. The molecule has 0 heterocycles. The zero-order chi connectivity index (χ0) is 27.2. The molecule has 3 aromatic rings. The van der Waals surface area contributed by atoms with Gasteiger partial charge in [0, 0.05) is 18.1 Å². The first-order valence-electron chi connectivity index (χ1n) is 11.2. The minimum absolute atomic E-state index is 0.00706. The van der Waals surface area contributed by atoms with Gasteiger partial charge >= 0.3 is 0 Å². The van der Waals surface area contributed by atoms with Crippen LogP contribution >= 0.6 is 27.5 Å². The van der Waals surface area contributed by atoms with Gasteiger partial charge in [0.15, 0.2) is 0 Å². The first kappa shape index (κ1) is 28.5. The van der Waals surface area contributed by atoms with E-state index in [-0.39, 0.29) is 28.1 Å². The van der Waals surface area contributed by atoms with E-state index in [9.17, 15) is 18.0 Å². The number of ether oxygens (including phenoxy) is 1. The summed E-state index contributed by atoms with van der Waals surface area (Å²) in [6.45, 7) is 1.12. The van der Waals surface area contributed by atoms with Crippen LogP contribution in [0.4, 0.5) is 5.69 Å². The highest BCUT2D eigenvalue weighted by atomic mass is 79.9. The maximum atomic E-state index is 13.7. The molecule has 0 aliphatic heterocycles. The van der Waals surface area contributed by atoms with Gasteiger partial charge in [0.2, 0.25) is 11.8 Å². The highest BCUT2D eigenvalue weighted by molar-refractivity contribution is 9.10. The largest absolute Gasteiger partial charge is 0.495 e. The van der Waals surface area contributed by atoms with Gasteiger partial charge in [-0.2, -0.15) is 0 Å². The van der Waals surface area contributed by atoms with Crippen molar-refractivity contribution in [1.82, 2.24) is 10.2 Å². The Labute approximate surface area is 230 Å².